The van der Waals surface area contributed by atoms with E-state index in [2.05, 4.69) is 26.7 Å². The van der Waals surface area contributed by atoms with Crippen molar-refractivity contribution >= 4 is 27.3 Å². The number of thiophene rings is 1. The first-order valence-corrected chi connectivity index (χ1v) is 6.86. The predicted octanol–water partition coefficient (Wildman–Crippen LogP) is 1.30. The van der Waals surface area contributed by atoms with Gasteiger partial charge in [0.2, 0.25) is 0 Å². The highest BCUT2D eigenvalue weighted by Crippen LogP contribution is 2.25. The van der Waals surface area contributed by atoms with E-state index in [-0.39, 0.29) is 12.1 Å². The van der Waals surface area contributed by atoms with Crippen molar-refractivity contribution < 1.29 is 9.47 Å². The van der Waals surface area contributed by atoms with Crippen LogP contribution in [0.2, 0.25) is 0 Å². The molecule has 0 bridgehead atoms. The Labute approximate surface area is 107 Å². The van der Waals surface area contributed by atoms with Crippen LogP contribution in [0.3, 0.4) is 0 Å². The van der Waals surface area contributed by atoms with Crippen molar-refractivity contribution in [3.63, 3.8) is 0 Å². The Balaban J connectivity index is 1.97. The van der Waals surface area contributed by atoms with Crippen LogP contribution in [0, 0.1) is 0 Å². The van der Waals surface area contributed by atoms with Gasteiger partial charge in [0.25, 0.3) is 0 Å². The second-order valence-corrected chi connectivity index (χ2v) is 5.51. The van der Waals surface area contributed by atoms with Crippen molar-refractivity contribution in [3.8, 4) is 0 Å². The van der Waals surface area contributed by atoms with Gasteiger partial charge in [-0.05, 0) is 27.4 Å². The Morgan fingerprint density at radius 1 is 1.62 bits per heavy atom. The van der Waals surface area contributed by atoms with Gasteiger partial charge in [0, 0.05) is 15.8 Å². The zero-order valence-electron chi connectivity index (χ0n) is 8.82. The van der Waals surface area contributed by atoms with Crippen molar-refractivity contribution in [1.29, 1.82) is 0 Å². The van der Waals surface area contributed by atoms with Crippen molar-refractivity contribution in [2.45, 2.75) is 18.6 Å². The molecule has 2 rings (SSSR count). The van der Waals surface area contributed by atoms with Gasteiger partial charge in [0.05, 0.1) is 32.0 Å². The first-order valence-electron chi connectivity index (χ1n) is 5.18. The van der Waals surface area contributed by atoms with Crippen LogP contribution in [0.1, 0.15) is 4.88 Å². The highest BCUT2D eigenvalue weighted by molar-refractivity contribution is 9.10. The van der Waals surface area contributed by atoms with E-state index in [4.69, 9.17) is 15.3 Å². The Morgan fingerprint density at radius 3 is 3.06 bits per heavy atom. The molecule has 16 heavy (non-hydrogen) atoms. The first kappa shape index (κ1) is 12.5. The highest BCUT2D eigenvalue weighted by atomic mass is 79.9. The maximum atomic E-state index is 5.64. The number of rotatable bonds is 4. The number of hydrazine groups is 1. The normalized spacial score (nSPS) is 23.2. The van der Waals surface area contributed by atoms with Gasteiger partial charge in [-0.3, -0.25) is 11.3 Å². The Kier molecular flexibility index (Phi) is 4.75. The summed E-state index contributed by atoms with van der Waals surface area (Å²) in [5, 5.41) is 2.06. The lowest BCUT2D eigenvalue weighted by Crippen LogP contribution is -2.50. The van der Waals surface area contributed by atoms with Crippen LogP contribution in [0.4, 0.5) is 0 Å². The molecule has 1 aliphatic heterocycles. The summed E-state index contributed by atoms with van der Waals surface area (Å²) in [5.41, 5.74) is 2.82. The molecular weight excluding hydrogens is 292 g/mol. The number of ether oxygens (including phenoxy) is 2. The third-order valence-corrected chi connectivity index (χ3v) is 4.55. The topological polar surface area (TPSA) is 56.5 Å². The van der Waals surface area contributed by atoms with Crippen LogP contribution in [-0.4, -0.2) is 32.0 Å². The quantitative estimate of drug-likeness (QED) is 0.650. The smallest absolute Gasteiger partial charge is 0.0979 e. The largest absolute Gasteiger partial charge is 0.376 e. The summed E-state index contributed by atoms with van der Waals surface area (Å²) < 4.78 is 12.2. The van der Waals surface area contributed by atoms with Gasteiger partial charge >= 0.3 is 0 Å². The molecule has 6 heteroatoms. The predicted molar refractivity (Wildman–Crippen MR) is 67.4 cm³/mol. The van der Waals surface area contributed by atoms with Crippen molar-refractivity contribution in [1.82, 2.24) is 5.43 Å². The van der Waals surface area contributed by atoms with E-state index in [9.17, 15) is 0 Å². The number of hydrogen-bond donors (Lipinski definition) is 2. The van der Waals surface area contributed by atoms with E-state index in [0.717, 1.165) is 10.9 Å². The van der Waals surface area contributed by atoms with E-state index in [1.54, 1.807) is 11.3 Å². The zero-order valence-corrected chi connectivity index (χ0v) is 11.2. The SMILES string of the molecule is NNC(Cc1sccc1Br)C1COCCO1. The van der Waals surface area contributed by atoms with Crippen LogP contribution in [-0.2, 0) is 15.9 Å². The number of nitrogens with two attached hydrogens (primary N) is 1. The van der Waals surface area contributed by atoms with Gasteiger partial charge in [-0.15, -0.1) is 11.3 Å². The minimum Gasteiger partial charge on any atom is -0.376 e. The molecule has 0 aromatic carbocycles. The monoisotopic (exact) mass is 306 g/mol. The number of hydrogen-bond acceptors (Lipinski definition) is 5. The van der Waals surface area contributed by atoms with Gasteiger partial charge in [0.1, 0.15) is 0 Å². The second-order valence-electron chi connectivity index (χ2n) is 3.65. The fourth-order valence-corrected chi connectivity index (χ4v) is 3.28. The van der Waals surface area contributed by atoms with E-state index in [1.165, 1.54) is 4.88 Å². The molecular formula is C10H15BrN2O2S. The second kappa shape index (κ2) is 6.09. The first-order chi connectivity index (χ1) is 7.81. The molecule has 2 heterocycles. The van der Waals surface area contributed by atoms with Gasteiger partial charge in [-0.2, -0.15) is 0 Å². The van der Waals surface area contributed by atoms with Crippen LogP contribution >= 0.6 is 27.3 Å². The van der Waals surface area contributed by atoms with E-state index in [1.807, 2.05) is 6.07 Å². The lowest BCUT2D eigenvalue weighted by atomic mass is 10.1. The molecule has 1 fully saturated rings. The van der Waals surface area contributed by atoms with E-state index < -0.39 is 0 Å². The fraction of sp³-hybridized carbons (Fsp3) is 0.600. The minimum atomic E-state index is 0.0350. The van der Waals surface area contributed by atoms with Gasteiger partial charge in [-0.25, -0.2) is 0 Å². The summed E-state index contributed by atoms with van der Waals surface area (Å²) >= 11 is 5.24. The van der Waals surface area contributed by atoms with Crippen molar-refractivity contribution in [2.75, 3.05) is 19.8 Å². The van der Waals surface area contributed by atoms with Gasteiger partial charge in [-0.1, -0.05) is 0 Å². The maximum Gasteiger partial charge on any atom is 0.0979 e. The molecule has 1 aliphatic rings. The molecule has 1 saturated heterocycles. The average molecular weight is 307 g/mol. The van der Waals surface area contributed by atoms with Crippen LogP contribution in [0.5, 0.6) is 0 Å². The molecule has 4 nitrogen and oxygen atoms in total. The number of nitrogens with one attached hydrogen (secondary N) is 1. The summed E-state index contributed by atoms with van der Waals surface area (Å²) in [6.45, 7) is 1.93. The van der Waals surface area contributed by atoms with Gasteiger partial charge < -0.3 is 9.47 Å². The molecule has 1 aromatic rings. The Morgan fingerprint density at radius 2 is 2.50 bits per heavy atom. The minimum absolute atomic E-state index is 0.0350. The molecule has 0 amide bonds. The lowest BCUT2D eigenvalue weighted by Gasteiger charge is -2.29. The summed E-state index contributed by atoms with van der Waals surface area (Å²) in [7, 11) is 0. The highest BCUT2D eigenvalue weighted by Gasteiger charge is 2.25. The molecule has 2 atom stereocenters. The zero-order chi connectivity index (χ0) is 11.4. The standard InChI is InChI=1S/C10H15BrN2O2S/c11-7-1-4-16-10(7)5-8(13-12)9-6-14-2-3-15-9/h1,4,8-9,13H,2-3,5-6,12H2. The molecule has 0 saturated carbocycles. The number of halogens is 1. The van der Waals surface area contributed by atoms with Crippen LogP contribution in [0.15, 0.2) is 15.9 Å². The molecule has 0 spiro atoms. The molecule has 3 N–H and O–H groups in total. The third-order valence-electron chi connectivity index (χ3n) is 2.60. The Hall–Kier alpha value is 0.0200. The van der Waals surface area contributed by atoms with Crippen molar-refractivity contribution in [3.05, 3.63) is 20.8 Å². The Bertz CT molecular complexity index is 328. The average Bonchev–Trinajstić information content (AvgIpc) is 2.73. The summed E-state index contributed by atoms with van der Waals surface area (Å²) in [5.74, 6) is 5.57. The van der Waals surface area contributed by atoms with Crippen LogP contribution < -0.4 is 11.3 Å². The summed E-state index contributed by atoms with van der Waals surface area (Å²) in [6, 6.07) is 2.14. The van der Waals surface area contributed by atoms with E-state index in [0.29, 0.717) is 19.8 Å². The molecule has 90 valence electrons. The van der Waals surface area contributed by atoms with Crippen LogP contribution in [0.25, 0.3) is 0 Å². The maximum absolute atomic E-state index is 5.64. The third kappa shape index (κ3) is 3.03. The summed E-state index contributed by atoms with van der Waals surface area (Å²) in [6.07, 6.45) is 0.885. The fourth-order valence-electron chi connectivity index (χ4n) is 1.71. The molecule has 2 unspecified atom stereocenters. The van der Waals surface area contributed by atoms with E-state index >= 15 is 0 Å². The molecule has 0 radical (unpaired) electrons. The van der Waals surface area contributed by atoms with Crippen molar-refractivity contribution in [2.24, 2.45) is 5.84 Å². The molecule has 1 aromatic heterocycles. The lowest BCUT2D eigenvalue weighted by molar-refractivity contribution is -0.101. The van der Waals surface area contributed by atoms with Gasteiger partial charge in [0.15, 0.2) is 0 Å². The summed E-state index contributed by atoms with van der Waals surface area (Å²) in [4.78, 5) is 1.28. The molecule has 0 aliphatic carbocycles.